The fraction of sp³-hybridized carbons (Fsp3) is 0.625. The highest BCUT2D eigenvalue weighted by molar-refractivity contribution is 9.10. The first kappa shape index (κ1) is 14.9. The summed E-state index contributed by atoms with van der Waals surface area (Å²) < 4.78 is 6.64. The van der Waals surface area contributed by atoms with E-state index in [-0.39, 0.29) is 0 Å². The number of rotatable bonds is 7. The van der Waals surface area contributed by atoms with Crippen LogP contribution in [-0.2, 0) is 0 Å². The smallest absolute Gasteiger partial charge is 0.133 e. The van der Waals surface area contributed by atoms with Crippen molar-refractivity contribution in [3.63, 3.8) is 0 Å². The van der Waals surface area contributed by atoms with E-state index in [0.717, 1.165) is 22.7 Å². The Kier molecular flexibility index (Phi) is 5.71. The van der Waals surface area contributed by atoms with Gasteiger partial charge in [-0.25, -0.2) is 0 Å². The first-order valence-electron chi connectivity index (χ1n) is 7.40. The number of hydrogen-bond acceptors (Lipinski definition) is 2. The Morgan fingerprint density at radius 3 is 2.68 bits per heavy atom. The van der Waals surface area contributed by atoms with E-state index < -0.39 is 0 Å². The van der Waals surface area contributed by atoms with Crippen LogP contribution in [-0.4, -0.2) is 13.2 Å². The van der Waals surface area contributed by atoms with Crippen LogP contribution in [0.2, 0.25) is 0 Å². The van der Waals surface area contributed by atoms with Crippen molar-refractivity contribution in [3.8, 4) is 5.75 Å². The number of nitrogens with one attached hydrogen (secondary N) is 1. The summed E-state index contributed by atoms with van der Waals surface area (Å²) in [5.74, 6) is 1.85. The SMILES string of the molecule is CCNC(CC1CCC1)c1ccc(OCC)c(Br)c1. The third-order valence-electron chi connectivity index (χ3n) is 3.90. The lowest BCUT2D eigenvalue weighted by atomic mass is 9.79. The average Bonchev–Trinajstić information content (AvgIpc) is 2.35. The molecule has 1 saturated carbocycles. The molecule has 0 aliphatic heterocycles. The second kappa shape index (κ2) is 7.30. The van der Waals surface area contributed by atoms with Crippen LogP contribution in [0.25, 0.3) is 0 Å². The van der Waals surface area contributed by atoms with Crippen molar-refractivity contribution < 1.29 is 4.74 Å². The molecule has 1 aliphatic carbocycles. The van der Waals surface area contributed by atoms with Crippen LogP contribution >= 0.6 is 15.9 Å². The highest BCUT2D eigenvalue weighted by atomic mass is 79.9. The molecular weight excluding hydrogens is 302 g/mol. The Hall–Kier alpha value is -0.540. The molecule has 1 atom stereocenters. The molecule has 0 radical (unpaired) electrons. The summed E-state index contributed by atoms with van der Waals surface area (Å²) in [5, 5.41) is 3.62. The van der Waals surface area contributed by atoms with Crippen LogP contribution in [0.3, 0.4) is 0 Å². The molecule has 0 saturated heterocycles. The quantitative estimate of drug-likeness (QED) is 0.785. The molecule has 1 aromatic carbocycles. The van der Waals surface area contributed by atoms with Gasteiger partial charge in [0.2, 0.25) is 0 Å². The number of benzene rings is 1. The molecule has 0 spiro atoms. The lowest BCUT2D eigenvalue weighted by Crippen LogP contribution is -2.25. The normalized spacial score (nSPS) is 17.0. The van der Waals surface area contributed by atoms with Gasteiger partial charge in [0.05, 0.1) is 11.1 Å². The lowest BCUT2D eigenvalue weighted by Gasteiger charge is -2.30. The summed E-state index contributed by atoms with van der Waals surface area (Å²) >= 11 is 3.61. The number of halogens is 1. The largest absolute Gasteiger partial charge is 0.493 e. The van der Waals surface area contributed by atoms with E-state index in [1.54, 1.807) is 0 Å². The van der Waals surface area contributed by atoms with Crippen LogP contribution in [0.15, 0.2) is 22.7 Å². The highest BCUT2D eigenvalue weighted by Crippen LogP contribution is 2.36. The molecular formula is C16H24BrNO. The third-order valence-corrected chi connectivity index (χ3v) is 4.52. The summed E-state index contributed by atoms with van der Waals surface area (Å²) in [6.07, 6.45) is 5.48. The van der Waals surface area contributed by atoms with Crippen LogP contribution in [0, 0.1) is 5.92 Å². The summed E-state index contributed by atoms with van der Waals surface area (Å²) in [6, 6.07) is 6.95. The van der Waals surface area contributed by atoms with Crippen molar-refractivity contribution in [2.24, 2.45) is 5.92 Å². The topological polar surface area (TPSA) is 21.3 Å². The fourth-order valence-corrected chi connectivity index (χ4v) is 3.16. The Morgan fingerprint density at radius 2 is 2.16 bits per heavy atom. The van der Waals surface area contributed by atoms with Gasteiger partial charge in [-0.15, -0.1) is 0 Å². The molecule has 106 valence electrons. The Morgan fingerprint density at radius 1 is 1.37 bits per heavy atom. The molecule has 19 heavy (non-hydrogen) atoms. The predicted octanol–water partition coefficient (Wildman–Crippen LogP) is 4.69. The molecule has 0 bridgehead atoms. The maximum atomic E-state index is 5.58. The van der Waals surface area contributed by atoms with Crippen molar-refractivity contribution >= 4 is 15.9 Å². The first-order chi connectivity index (χ1) is 9.24. The molecule has 0 heterocycles. The van der Waals surface area contributed by atoms with Gasteiger partial charge in [-0.1, -0.05) is 32.3 Å². The minimum absolute atomic E-state index is 0.474. The highest BCUT2D eigenvalue weighted by Gasteiger charge is 2.23. The molecule has 1 aromatic rings. The maximum Gasteiger partial charge on any atom is 0.133 e. The summed E-state index contributed by atoms with van der Waals surface area (Å²) in [5.41, 5.74) is 1.36. The zero-order chi connectivity index (χ0) is 13.7. The minimum atomic E-state index is 0.474. The van der Waals surface area contributed by atoms with Gasteiger partial charge < -0.3 is 10.1 Å². The Bertz CT molecular complexity index is 404. The monoisotopic (exact) mass is 325 g/mol. The van der Waals surface area contributed by atoms with Gasteiger partial charge in [-0.2, -0.15) is 0 Å². The molecule has 2 rings (SSSR count). The van der Waals surface area contributed by atoms with Crippen molar-refractivity contribution in [3.05, 3.63) is 28.2 Å². The fourth-order valence-electron chi connectivity index (χ4n) is 2.65. The molecule has 1 fully saturated rings. The van der Waals surface area contributed by atoms with Gasteiger partial charge in [0, 0.05) is 6.04 Å². The van der Waals surface area contributed by atoms with Gasteiger partial charge >= 0.3 is 0 Å². The zero-order valence-electron chi connectivity index (χ0n) is 11.9. The second-order valence-electron chi connectivity index (χ2n) is 5.27. The van der Waals surface area contributed by atoms with Gasteiger partial charge in [-0.3, -0.25) is 0 Å². The maximum absolute atomic E-state index is 5.58. The van der Waals surface area contributed by atoms with Crippen LogP contribution in [0.4, 0.5) is 0 Å². The molecule has 0 aromatic heterocycles. The van der Waals surface area contributed by atoms with E-state index in [9.17, 15) is 0 Å². The first-order valence-corrected chi connectivity index (χ1v) is 8.19. The van der Waals surface area contributed by atoms with E-state index in [2.05, 4.69) is 46.4 Å². The lowest BCUT2D eigenvalue weighted by molar-refractivity contribution is 0.262. The van der Waals surface area contributed by atoms with E-state index in [0.29, 0.717) is 12.6 Å². The van der Waals surface area contributed by atoms with Crippen molar-refractivity contribution in [2.75, 3.05) is 13.2 Å². The van der Waals surface area contributed by atoms with Crippen LogP contribution < -0.4 is 10.1 Å². The molecule has 1 N–H and O–H groups in total. The molecule has 1 unspecified atom stereocenters. The molecule has 1 aliphatic rings. The minimum Gasteiger partial charge on any atom is -0.493 e. The Labute approximate surface area is 125 Å². The molecule has 2 nitrogen and oxygen atoms in total. The molecule has 0 amide bonds. The summed E-state index contributed by atoms with van der Waals surface area (Å²) in [4.78, 5) is 0. The zero-order valence-corrected chi connectivity index (χ0v) is 13.5. The average molecular weight is 326 g/mol. The van der Waals surface area contributed by atoms with E-state index >= 15 is 0 Å². The van der Waals surface area contributed by atoms with E-state index in [4.69, 9.17) is 4.74 Å². The van der Waals surface area contributed by atoms with E-state index in [1.807, 2.05) is 6.92 Å². The van der Waals surface area contributed by atoms with Gasteiger partial charge in [0.25, 0.3) is 0 Å². The van der Waals surface area contributed by atoms with E-state index in [1.165, 1.54) is 31.2 Å². The number of ether oxygens (including phenoxy) is 1. The van der Waals surface area contributed by atoms with Crippen LogP contribution in [0.1, 0.15) is 51.1 Å². The van der Waals surface area contributed by atoms with Gasteiger partial charge in [-0.05, 0) is 59.4 Å². The van der Waals surface area contributed by atoms with Crippen LogP contribution in [0.5, 0.6) is 5.75 Å². The van der Waals surface area contributed by atoms with Gasteiger partial charge in [0.15, 0.2) is 0 Å². The summed E-state index contributed by atoms with van der Waals surface area (Å²) in [6.45, 7) is 5.91. The number of hydrogen-bond donors (Lipinski definition) is 1. The van der Waals surface area contributed by atoms with Crippen molar-refractivity contribution in [1.29, 1.82) is 0 Å². The molecule has 3 heteroatoms. The second-order valence-corrected chi connectivity index (χ2v) is 6.12. The predicted molar refractivity (Wildman–Crippen MR) is 83.7 cm³/mol. The standard InChI is InChI=1S/C16H24BrNO/c1-3-18-15(10-12-6-5-7-12)13-8-9-16(19-4-2)14(17)11-13/h8-9,11-12,15,18H,3-7,10H2,1-2H3. The third kappa shape index (κ3) is 3.96. The van der Waals surface area contributed by atoms with Crippen molar-refractivity contribution in [1.82, 2.24) is 5.32 Å². The van der Waals surface area contributed by atoms with Gasteiger partial charge in [0.1, 0.15) is 5.75 Å². The summed E-state index contributed by atoms with van der Waals surface area (Å²) in [7, 11) is 0. The Balaban J connectivity index is 2.08. The van der Waals surface area contributed by atoms with Crippen molar-refractivity contribution in [2.45, 2.75) is 45.6 Å².